The van der Waals surface area contributed by atoms with Crippen molar-refractivity contribution in [1.82, 2.24) is 4.90 Å². The van der Waals surface area contributed by atoms with Crippen LogP contribution in [0.15, 0.2) is 42.5 Å². The average Bonchev–Trinajstić information content (AvgIpc) is 3.16. The topological polar surface area (TPSA) is 37.4 Å². The molecule has 2 unspecified atom stereocenters. The number of amides is 1. The van der Waals surface area contributed by atoms with Crippen LogP contribution >= 0.6 is 0 Å². The van der Waals surface area contributed by atoms with Gasteiger partial charge in [-0.3, -0.25) is 4.79 Å². The van der Waals surface area contributed by atoms with Crippen LogP contribution in [-0.2, 0) is 16.0 Å². The van der Waals surface area contributed by atoms with Crippen molar-refractivity contribution in [3.63, 3.8) is 0 Å². The zero-order chi connectivity index (χ0) is 19.2. The third-order valence-electron chi connectivity index (χ3n) is 5.91. The highest BCUT2D eigenvalue weighted by Crippen LogP contribution is 2.26. The van der Waals surface area contributed by atoms with E-state index < -0.39 is 0 Å². The van der Waals surface area contributed by atoms with Crippen LogP contribution in [0.25, 0.3) is 10.8 Å². The first-order valence-electron chi connectivity index (χ1n) is 10.3. The summed E-state index contributed by atoms with van der Waals surface area (Å²) >= 11 is 0. The molecule has 0 radical (unpaired) electrons. The Morgan fingerprint density at radius 2 is 1.93 bits per heavy atom. The standard InChI is InChI=1S/C24H31NO2/c1-18(2)23(24(27)25-15-7-11-22(25)17-26)12-6-3-8-19-13-14-20-9-4-5-10-21(20)16-19/h4-5,9-10,13-14,16-18,22-23H,3,6-8,11-12,15H2,1-2H3. The Morgan fingerprint density at radius 3 is 2.67 bits per heavy atom. The summed E-state index contributed by atoms with van der Waals surface area (Å²) in [7, 11) is 0. The van der Waals surface area contributed by atoms with E-state index in [1.165, 1.54) is 16.3 Å². The maximum Gasteiger partial charge on any atom is 0.226 e. The zero-order valence-corrected chi connectivity index (χ0v) is 16.6. The molecular weight excluding hydrogens is 334 g/mol. The minimum atomic E-state index is -0.198. The number of likely N-dealkylation sites (tertiary alicyclic amines) is 1. The first-order chi connectivity index (χ1) is 13.1. The van der Waals surface area contributed by atoms with Crippen molar-refractivity contribution >= 4 is 23.0 Å². The van der Waals surface area contributed by atoms with Crippen LogP contribution in [0.3, 0.4) is 0 Å². The van der Waals surface area contributed by atoms with Gasteiger partial charge in [-0.1, -0.05) is 62.7 Å². The monoisotopic (exact) mass is 365 g/mol. The predicted molar refractivity (Wildman–Crippen MR) is 111 cm³/mol. The maximum absolute atomic E-state index is 12.9. The van der Waals surface area contributed by atoms with Crippen molar-refractivity contribution in [3.8, 4) is 0 Å². The molecule has 27 heavy (non-hydrogen) atoms. The number of carbonyl (C=O) groups excluding carboxylic acids is 2. The van der Waals surface area contributed by atoms with Crippen molar-refractivity contribution in [2.45, 2.75) is 58.4 Å². The van der Waals surface area contributed by atoms with Gasteiger partial charge in [-0.15, -0.1) is 0 Å². The van der Waals surface area contributed by atoms with E-state index in [0.717, 1.165) is 51.4 Å². The number of fused-ring (bicyclic) bond motifs is 1. The molecule has 2 atom stereocenters. The number of aryl methyl sites for hydroxylation is 1. The summed E-state index contributed by atoms with van der Waals surface area (Å²) in [6.07, 6.45) is 6.80. The summed E-state index contributed by atoms with van der Waals surface area (Å²) in [4.78, 5) is 26.0. The minimum absolute atomic E-state index is 0.0298. The Morgan fingerprint density at radius 1 is 1.15 bits per heavy atom. The van der Waals surface area contributed by atoms with Crippen LogP contribution in [0, 0.1) is 11.8 Å². The van der Waals surface area contributed by atoms with E-state index in [1.54, 1.807) is 0 Å². The number of hydrogen-bond donors (Lipinski definition) is 0. The van der Waals surface area contributed by atoms with Gasteiger partial charge < -0.3 is 9.69 Å². The summed E-state index contributed by atoms with van der Waals surface area (Å²) in [6, 6.07) is 14.9. The van der Waals surface area contributed by atoms with Gasteiger partial charge in [-0.05, 0) is 54.4 Å². The van der Waals surface area contributed by atoms with Crippen LogP contribution < -0.4 is 0 Å². The highest BCUT2D eigenvalue weighted by atomic mass is 16.2. The van der Waals surface area contributed by atoms with Crippen LogP contribution in [0.1, 0.15) is 51.5 Å². The van der Waals surface area contributed by atoms with Crippen molar-refractivity contribution in [1.29, 1.82) is 0 Å². The molecule has 0 spiro atoms. The van der Waals surface area contributed by atoms with Crippen LogP contribution in [-0.4, -0.2) is 29.7 Å². The van der Waals surface area contributed by atoms with Gasteiger partial charge in [0.05, 0.1) is 6.04 Å². The Bertz CT molecular complexity index is 783. The lowest BCUT2D eigenvalue weighted by Gasteiger charge is -2.28. The van der Waals surface area contributed by atoms with E-state index in [0.29, 0.717) is 5.92 Å². The molecule has 1 aliphatic rings. The van der Waals surface area contributed by atoms with E-state index in [1.807, 2.05) is 4.90 Å². The summed E-state index contributed by atoms with van der Waals surface area (Å²) < 4.78 is 0. The van der Waals surface area contributed by atoms with Gasteiger partial charge in [0.1, 0.15) is 6.29 Å². The van der Waals surface area contributed by atoms with Gasteiger partial charge in [0.15, 0.2) is 0 Å². The zero-order valence-electron chi connectivity index (χ0n) is 16.6. The molecule has 1 heterocycles. The third kappa shape index (κ3) is 4.77. The van der Waals surface area contributed by atoms with Gasteiger partial charge >= 0.3 is 0 Å². The Balaban J connectivity index is 1.53. The molecule has 0 N–H and O–H groups in total. The fourth-order valence-electron chi connectivity index (χ4n) is 4.25. The number of nitrogens with zero attached hydrogens (tertiary/aromatic N) is 1. The van der Waals surface area contributed by atoms with Gasteiger partial charge in [0.2, 0.25) is 5.91 Å². The number of unbranched alkanes of at least 4 members (excludes halogenated alkanes) is 1. The van der Waals surface area contributed by atoms with E-state index >= 15 is 0 Å². The largest absolute Gasteiger partial charge is 0.333 e. The molecular formula is C24H31NO2. The molecule has 0 saturated carbocycles. The molecule has 0 bridgehead atoms. The molecule has 3 rings (SSSR count). The second-order valence-electron chi connectivity index (χ2n) is 8.16. The quantitative estimate of drug-likeness (QED) is 0.487. The Hall–Kier alpha value is -2.16. The number of hydrogen-bond acceptors (Lipinski definition) is 2. The highest BCUT2D eigenvalue weighted by molar-refractivity contribution is 5.83. The van der Waals surface area contributed by atoms with Gasteiger partial charge in [-0.2, -0.15) is 0 Å². The molecule has 0 aromatic heterocycles. The fourth-order valence-corrected chi connectivity index (χ4v) is 4.25. The van der Waals surface area contributed by atoms with Crippen LogP contribution in [0.2, 0.25) is 0 Å². The van der Waals surface area contributed by atoms with Crippen LogP contribution in [0.5, 0.6) is 0 Å². The molecule has 3 heteroatoms. The molecule has 2 aromatic rings. The molecule has 1 saturated heterocycles. The molecule has 1 amide bonds. The molecule has 1 fully saturated rings. The first-order valence-corrected chi connectivity index (χ1v) is 10.3. The SMILES string of the molecule is CC(C)C(CCCCc1ccc2ccccc2c1)C(=O)N1CCCC1C=O. The van der Waals surface area contributed by atoms with Crippen molar-refractivity contribution < 1.29 is 9.59 Å². The molecule has 1 aliphatic heterocycles. The number of benzene rings is 2. The maximum atomic E-state index is 12.9. The lowest BCUT2D eigenvalue weighted by molar-refractivity contribution is -0.140. The smallest absolute Gasteiger partial charge is 0.226 e. The summed E-state index contributed by atoms with van der Waals surface area (Å²) in [5.74, 6) is 0.526. The number of aldehydes is 1. The molecule has 0 aliphatic carbocycles. The summed E-state index contributed by atoms with van der Waals surface area (Å²) in [5, 5.41) is 2.57. The Labute approximate surface area is 162 Å². The van der Waals surface area contributed by atoms with Gasteiger partial charge in [0.25, 0.3) is 0 Å². The van der Waals surface area contributed by atoms with E-state index in [-0.39, 0.29) is 17.9 Å². The van der Waals surface area contributed by atoms with Crippen molar-refractivity contribution in [3.05, 3.63) is 48.0 Å². The van der Waals surface area contributed by atoms with Crippen LogP contribution in [0.4, 0.5) is 0 Å². The van der Waals surface area contributed by atoms with E-state index in [2.05, 4.69) is 56.3 Å². The third-order valence-corrected chi connectivity index (χ3v) is 5.91. The minimum Gasteiger partial charge on any atom is -0.333 e. The lowest BCUT2D eigenvalue weighted by Crippen LogP contribution is -2.41. The second-order valence-corrected chi connectivity index (χ2v) is 8.16. The normalized spacial score (nSPS) is 18.2. The summed E-state index contributed by atoms with van der Waals surface area (Å²) in [6.45, 7) is 4.98. The number of carbonyl (C=O) groups is 2. The van der Waals surface area contributed by atoms with E-state index in [4.69, 9.17) is 0 Å². The molecule has 2 aromatic carbocycles. The highest BCUT2D eigenvalue weighted by Gasteiger charge is 2.33. The van der Waals surface area contributed by atoms with E-state index in [9.17, 15) is 9.59 Å². The fraction of sp³-hybridized carbons (Fsp3) is 0.500. The van der Waals surface area contributed by atoms with Crippen molar-refractivity contribution in [2.75, 3.05) is 6.54 Å². The van der Waals surface area contributed by atoms with Gasteiger partial charge in [0, 0.05) is 12.5 Å². The van der Waals surface area contributed by atoms with Crippen molar-refractivity contribution in [2.24, 2.45) is 11.8 Å². The second kappa shape index (κ2) is 9.16. The average molecular weight is 366 g/mol. The molecule has 3 nitrogen and oxygen atoms in total. The Kier molecular flexibility index (Phi) is 6.65. The molecule has 144 valence electrons. The van der Waals surface area contributed by atoms with Gasteiger partial charge in [-0.25, -0.2) is 0 Å². The predicted octanol–water partition coefficient (Wildman–Crippen LogP) is 5.01. The first kappa shape index (κ1) is 19.6. The summed E-state index contributed by atoms with van der Waals surface area (Å²) in [5.41, 5.74) is 1.36. The number of rotatable bonds is 8. The lowest BCUT2D eigenvalue weighted by atomic mass is 9.88.